The molecule has 0 saturated carbocycles. The predicted molar refractivity (Wildman–Crippen MR) is 45.9 cm³/mol. The van der Waals surface area contributed by atoms with Crippen molar-refractivity contribution in [2.45, 2.75) is 13.5 Å². The second-order valence-corrected chi connectivity index (χ2v) is 2.25. The smallest absolute Gasteiger partial charge is 0.0579 e. The molecule has 0 spiro atoms. The Balaban J connectivity index is 2.17. The summed E-state index contributed by atoms with van der Waals surface area (Å²) in [7, 11) is 0. The van der Waals surface area contributed by atoms with Gasteiger partial charge in [0.15, 0.2) is 0 Å². The number of hydrogen-bond donors (Lipinski definition) is 2. The Morgan fingerprint density at radius 3 is 3.18 bits per heavy atom. The van der Waals surface area contributed by atoms with Crippen molar-refractivity contribution in [1.82, 2.24) is 10.3 Å². The van der Waals surface area contributed by atoms with Gasteiger partial charge >= 0.3 is 0 Å². The highest BCUT2D eigenvalue weighted by Gasteiger charge is 1.88. The number of aromatic amines is 1. The van der Waals surface area contributed by atoms with E-state index < -0.39 is 0 Å². The van der Waals surface area contributed by atoms with E-state index in [0.717, 1.165) is 13.1 Å². The van der Waals surface area contributed by atoms with Crippen LogP contribution in [0.15, 0.2) is 18.5 Å². The number of rotatable bonds is 3. The lowest BCUT2D eigenvalue weighted by molar-refractivity contribution is 0.771. The van der Waals surface area contributed by atoms with Gasteiger partial charge in [-0.15, -0.1) is 5.92 Å². The molecular weight excluding hydrogens is 136 g/mol. The molecule has 0 bridgehead atoms. The maximum absolute atomic E-state index is 3.20. The van der Waals surface area contributed by atoms with Gasteiger partial charge in [0, 0.05) is 18.9 Å². The topological polar surface area (TPSA) is 27.8 Å². The van der Waals surface area contributed by atoms with Crippen molar-refractivity contribution >= 4 is 0 Å². The van der Waals surface area contributed by atoms with Crippen LogP contribution < -0.4 is 5.32 Å². The maximum Gasteiger partial charge on any atom is 0.0579 e. The third kappa shape index (κ3) is 2.92. The molecule has 2 heteroatoms. The van der Waals surface area contributed by atoms with E-state index in [1.165, 1.54) is 5.56 Å². The average molecular weight is 148 g/mol. The molecule has 1 aromatic heterocycles. The fraction of sp³-hybridized carbons (Fsp3) is 0.333. The Morgan fingerprint density at radius 1 is 1.64 bits per heavy atom. The van der Waals surface area contributed by atoms with Crippen molar-refractivity contribution in [2.75, 3.05) is 6.54 Å². The normalized spacial score (nSPS) is 8.82. The Labute approximate surface area is 67.0 Å². The first-order valence-electron chi connectivity index (χ1n) is 3.65. The van der Waals surface area contributed by atoms with Crippen molar-refractivity contribution in [3.8, 4) is 11.8 Å². The fourth-order valence-electron chi connectivity index (χ4n) is 0.826. The Morgan fingerprint density at radius 2 is 2.55 bits per heavy atom. The van der Waals surface area contributed by atoms with Gasteiger partial charge in [-0.25, -0.2) is 0 Å². The van der Waals surface area contributed by atoms with Crippen LogP contribution in [0.2, 0.25) is 0 Å². The standard InChI is InChI=1S/C9H12N2/c1-2-3-5-10-7-9-4-6-11-8-9/h4,6,8,10-11H,5,7H2,1H3. The highest BCUT2D eigenvalue weighted by Crippen LogP contribution is 1.93. The van der Waals surface area contributed by atoms with Gasteiger partial charge in [0.05, 0.1) is 6.54 Å². The van der Waals surface area contributed by atoms with E-state index in [2.05, 4.69) is 22.1 Å². The van der Waals surface area contributed by atoms with Crippen LogP contribution in [0.25, 0.3) is 0 Å². The van der Waals surface area contributed by atoms with Gasteiger partial charge in [0.25, 0.3) is 0 Å². The monoisotopic (exact) mass is 148 g/mol. The quantitative estimate of drug-likeness (QED) is 0.488. The molecule has 0 radical (unpaired) electrons. The van der Waals surface area contributed by atoms with E-state index in [-0.39, 0.29) is 0 Å². The summed E-state index contributed by atoms with van der Waals surface area (Å²) in [5.41, 5.74) is 1.27. The van der Waals surface area contributed by atoms with Gasteiger partial charge in [-0.2, -0.15) is 0 Å². The van der Waals surface area contributed by atoms with E-state index in [0.29, 0.717) is 0 Å². The molecule has 0 aliphatic rings. The van der Waals surface area contributed by atoms with E-state index in [4.69, 9.17) is 0 Å². The van der Waals surface area contributed by atoms with Crippen molar-refractivity contribution in [3.63, 3.8) is 0 Å². The number of H-pyrrole nitrogens is 1. The summed E-state index contributed by atoms with van der Waals surface area (Å²) in [5, 5.41) is 3.20. The van der Waals surface area contributed by atoms with Gasteiger partial charge in [0.1, 0.15) is 0 Å². The van der Waals surface area contributed by atoms with Crippen LogP contribution in [0.3, 0.4) is 0 Å². The molecule has 2 N–H and O–H groups in total. The van der Waals surface area contributed by atoms with Crippen molar-refractivity contribution in [2.24, 2.45) is 0 Å². The first-order chi connectivity index (χ1) is 5.43. The second-order valence-electron chi connectivity index (χ2n) is 2.25. The third-order valence-electron chi connectivity index (χ3n) is 1.38. The molecule has 1 heterocycles. The molecule has 2 nitrogen and oxygen atoms in total. The van der Waals surface area contributed by atoms with Gasteiger partial charge < -0.3 is 10.3 Å². The second kappa shape index (κ2) is 4.59. The highest BCUT2D eigenvalue weighted by atomic mass is 14.8. The van der Waals surface area contributed by atoms with Crippen LogP contribution in [0.5, 0.6) is 0 Å². The van der Waals surface area contributed by atoms with Crippen LogP contribution in [0, 0.1) is 11.8 Å². The largest absolute Gasteiger partial charge is 0.367 e. The lowest BCUT2D eigenvalue weighted by Crippen LogP contribution is -2.12. The summed E-state index contributed by atoms with van der Waals surface area (Å²) >= 11 is 0. The molecule has 0 aliphatic carbocycles. The lowest BCUT2D eigenvalue weighted by Gasteiger charge is -1.95. The molecule has 0 fully saturated rings. The molecule has 1 aromatic rings. The van der Waals surface area contributed by atoms with Gasteiger partial charge in [0.2, 0.25) is 0 Å². The first-order valence-corrected chi connectivity index (χ1v) is 3.65. The minimum absolute atomic E-state index is 0.766. The Hall–Kier alpha value is -1.20. The molecule has 1 rings (SSSR count). The zero-order valence-corrected chi connectivity index (χ0v) is 6.65. The van der Waals surface area contributed by atoms with Crippen molar-refractivity contribution < 1.29 is 0 Å². The SMILES string of the molecule is CC#CCNCc1cc[nH]c1. The summed E-state index contributed by atoms with van der Waals surface area (Å²) < 4.78 is 0. The lowest BCUT2D eigenvalue weighted by atomic mass is 10.3. The highest BCUT2D eigenvalue weighted by molar-refractivity contribution is 5.08. The predicted octanol–water partition coefficient (Wildman–Crippen LogP) is 1.13. The van der Waals surface area contributed by atoms with E-state index in [1.807, 2.05) is 25.4 Å². The first kappa shape index (κ1) is 7.90. The van der Waals surface area contributed by atoms with Crippen LogP contribution in [0.4, 0.5) is 0 Å². The maximum atomic E-state index is 3.20. The third-order valence-corrected chi connectivity index (χ3v) is 1.38. The van der Waals surface area contributed by atoms with E-state index in [9.17, 15) is 0 Å². The molecule has 0 saturated heterocycles. The fourth-order valence-corrected chi connectivity index (χ4v) is 0.826. The molecule has 0 aromatic carbocycles. The summed E-state index contributed by atoms with van der Waals surface area (Å²) in [6.07, 6.45) is 3.90. The number of aromatic nitrogens is 1. The number of nitrogens with one attached hydrogen (secondary N) is 2. The average Bonchev–Trinajstić information content (AvgIpc) is 2.50. The van der Waals surface area contributed by atoms with Crippen LogP contribution in [-0.2, 0) is 6.54 Å². The molecule has 11 heavy (non-hydrogen) atoms. The Bertz CT molecular complexity index is 238. The molecular formula is C9H12N2. The minimum Gasteiger partial charge on any atom is -0.367 e. The van der Waals surface area contributed by atoms with Crippen LogP contribution in [0.1, 0.15) is 12.5 Å². The molecule has 0 unspecified atom stereocenters. The number of hydrogen-bond acceptors (Lipinski definition) is 1. The zero-order valence-electron chi connectivity index (χ0n) is 6.65. The van der Waals surface area contributed by atoms with E-state index in [1.54, 1.807) is 0 Å². The molecule has 58 valence electrons. The summed E-state index contributed by atoms with van der Waals surface area (Å²) in [6.45, 7) is 3.50. The van der Waals surface area contributed by atoms with E-state index >= 15 is 0 Å². The molecule has 0 atom stereocenters. The minimum atomic E-state index is 0.766. The van der Waals surface area contributed by atoms with Gasteiger partial charge in [-0.05, 0) is 18.6 Å². The summed E-state index contributed by atoms with van der Waals surface area (Å²) in [6, 6.07) is 2.05. The summed E-state index contributed by atoms with van der Waals surface area (Å²) in [4.78, 5) is 2.99. The zero-order chi connectivity index (χ0) is 7.94. The molecule has 0 aliphatic heterocycles. The van der Waals surface area contributed by atoms with Crippen LogP contribution >= 0.6 is 0 Å². The summed E-state index contributed by atoms with van der Waals surface area (Å²) in [5.74, 6) is 5.77. The van der Waals surface area contributed by atoms with Crippen molar-refractivity contribution in [3.05, 3.63) is 24.0 Å². The Kier molecular flexibility index (Phi) is 3.30. The van der Waals surface area contributed by atoms with Gasteiger partial charge in [-0.1, -0.05) is 5.92 Å². The van der Waals surface area contributed by atoms with Gasteiger partial charge in [-0.3, -0.25) is 0 Å². The molecule has 0 amide bonds. The van der Waals surface area contributed by atoms with Crippen LogP contribution in [-0.4, -0.2) is 11.5 Å². The van der Waals surface area contributed by atoms with Crippen molar-refractivity contribution in [1.29, 1.82) is 0 Å².